The standard InChI is InChI=1S/C15H24N6O/c1-4-21-15(16-11-18-21)9-20-7-13(10-22-3)14(8-20)12-5-17-19(2)6-12/h5-6,11,13-14H,4,7-10H2,1-3H3/t13-,14-/m0/s1. The first-order valence-corrected chi connectivity index (χ1v) is 7.77. The summed E-state index contributed by atoms with van der Waals surface area (Å²) in [6, 6.07) is 0. The maximum absolute atomic E-state index is 5.43. The van der Waals surface area contributed by atoms with Crippen LogP contribution in [0, 0.1) is 5.92 Å². The molecule has 3 rings (SSSR count). The van der Waals surface area contributed by atoms with Crippen LogP contribution in [-0.4, -0.2) is 56.3 Å². The molecule has 0 aromatic carbocycles. The van der Waals surface area contributed by atoms with Crippen LogP contribution >= 0.6 is 0 Å². The molecule has 0 radical (unpaired) electrons. The van der Waals surface area contributed by atoms with Crippen molar-refractivity contribution in [3.63, 3.8) is 0 Å². The highest BCUT2D eigenvalue weighted by Crippen LogP contribution is 2.33. The minimum atomic E-state index is 0.464. The quantitative estimate of drug-likeness (QED) is 0.793. The summed E-state index contributed by atoms with van der Waals surface area (Å²) in [6.07, 6.45) is 5.73. The van der Waals surface area contributed by atoms with Gasteiger partial charge in [0.1, 0.15) is 12.2 Å². The van der Waals surface area contributed by atoms with E-state index < -0.39 is 0 Å². The number of ether oxygens (including phenoxy) is 1. The Labute approximate surface area is 130 Å². The predicted octanol–water partition coefficient (Wildman–Crippen LogP) is 0.893. The molecule has 120 valence electrons. The molecule has 22 heavy (non-hydrogen) atoms. The fraction of sp³-hybridized carbons (Fsp3) is 0.667. The van der Waals surface area contributed by atoms with E-state index in [0.717, 1.165) is 38.6 Å². The minimum absolute atomic E-state index is 0.464. The maximum Gasteiger partial charge on any atom is 0.140 e. The molecule has 0 unspecified atom stereocenters. The van der Waals surface area contributed by atoms with Crippen molar-refractivity contribution in [3.8, 4) is 0 Å². The lowest BCUT2D eigenvalue weighted by atomic mass is 9.92. The van der Waals surface area contributed by atoms with Crippen molar-refractivity contribution < 1.29 is 4.74 Å². The average molecular weight is 304 g/mol. The Morgan fingerprint density at radius 2 is 2.18 bits per heavy atom. The van der Waals surface area contributed by atoms with Crippen LogP contribution in [0.5, 0.6) is 0 Å². The molecule has 2 aromatic heterocycles. The molecule has 1 aliphatic rings. The van der Waals surface area contributed by atoms with E-state index in [-0.39, 0.29) is 0 Å². The first kappa shape index (κ1) is 15.2. The van der Waals surface area contributed by atoms with Crippen molar-refractivity contribution in [1.82, 2.24) is 29.4 Å². The lowest BCUT2D eigenvalue weighted by Gasteiger charge is -2.15. The van der Waals surface area contributed by atoms with Crippen molar-refractivity contribution in [1.29, 1.82) is 0 Å². The number of hydrogen-bond donors (Lipinski definition) is 0. The van der Waals surface area contributed by atoms with E-state index in [9.17, 15) is 0 Å². The van der Waals surface area contributed by atoms with Gasteiger partial charge in [0.2, 0.25) is 0 Å². The zero-order chi connectivity index (χ0) is 15.5. The van der Waals surface area contributed by atoms with E-state index in [2.05, 4.69) is 33.2 Å². The number of aromatic nitrogens is 5. The first-order valence-electron chi connectivity index (χ1n) is 7.77. The smallest absolute Gasteiger partial charge is 0.140 e. The fourth-order valence-electron chi connectivity index (χ4n) is 3.36. The molecule has 0 amide bonds. The van der Waals surface area contributed by atoms with Crippen molar-refractivity contribution in [2.45, 2.75) is 25.9 Å². The zero-order valence-electron chi connectivity index (χ0n) is 13.5. The second-order valence-electron chi connectivity index (χ2n) is 5.96. The molecule has 2 atom stereocenters. The normalized spacial score (nSPS) is 22.5. The summed E-state index contributed by atoms with van der Waals surface area (Å²) in [5.74, 6) is 1.99. The minimum Gasteiger partial charge on any atom is -0.384 e. The Morgan fingerprint density at radius 1 is 1.32 bits per heavy atom. The molecule has 3 heterocycles. The lowest BCUT2D eigenvalue weighted by molar-refractivity contribution is 0.147. The van der Waals surface area contributed by atoms with Gasteiger partial charge in [-0.2, -0.15) is 10.2 Å². The molecule has 2 aromatic rings. The van der Waals surface area contributed by atoms with Crippen LogP contribution in [0.25, 0.3) is 0 Å². The number of hydrogen-bond acceptors (Lipinski definition) is 5. The second-order valence-corrected chi connectivity index (χ2v) is 5.96. The highest BCUT2D eigenvalue weighted by Gasteiger charge is 2.34. The van der Waals surface area contributed by atoms with Gasteiger partial charge in [0.25, 0.3) is 0 Å². The summed E-state index contributed by atoms with van der Waals surface area (Å²) in [5.41, 5.74) is 1.30. The topological polar surface area (TPSA) is 61.0 Å². The molecule has 1 aliphatic heterocycles. The van der Waals surface area contributed by atoms with Gasteiger partial charge < -0.3 is 4.74 Å². The van der Waals surface area contributed by atoms with Gasteiger partial charge in [0, 0.05) is 51.8 Å². The third kappa shape index (κ3) is 3.05. The van der Waals surface area contributed by atoms with Gasteiger partial charge in [-0.3, -0.25) is 9.58 Å². The fourth-order valence-corrected chi connectivity index (χ4v) is 3.36. The van der Waals surface area contributed by atoms with E-state index in [1.165, 1.54) is 5.56 Å². The highest BCUT2D eigenvalue weighted by molar-refractivity contribution is 5.16. The van der Waals surface area contributed by atoms with Gasteiger partial charge >= 0.3 is 0 Å². The van der Waals surface area contributed by atoms with Crippen molar-refractivity contribution >= 4 is 0 Å². The van der Waals surface area contributed by atoms with Crippen LogP contribution in [0.15, 0.2) is 18.7 Å². The second kappa shape index (κ2) is 6.58. The Hall–Kier alpha value is -1.73. The van der Waals surface area contributed by atoms with Crippen molar-refractivity contribution in [3.05, 3.63) is 30.1 Å². The Bertz CT molecular complexity index is 607. The van der Waals surface area contributed by atoms with Gasteiger partial charge in [-0.1, -0.05) is 0 Å². The molecule has 0 saturated carbocycles. The van der Waals surface area contributed by atoms with Crippen molar-refractivity contribution in [2.75, 3.05) is 26.8 Å². The Morgan fingerprint density at radius 3 is 2.86 bits per heavy atom. The van der Waals surface area contributed by atoms with Gasteiger partial charge in [-0.15, -0.1) is 0 Å². The SMILES string of the molecule is CCn1ncnc1CN1C[C@@H](COC)[C@H](c2cnn(C)c2)C1. The van der Waals surface area contributed by atoms with Crippen LogP contribution in [0.4, 0.5) is 0 Å². The summed E-state index contributed by atoms with van der Waals surface area (Å²) < 4.78 is 9.26. The summed E-state index contributed by atoms with van der Waals surface area (Å²) in [5, 5.41) is 8.57. The molecule has 0 spiro atoms. The third-order valence-corrected chi connectivity index (χ3v) is 4.41. The predicted molar refractivity (Wildman–Crippen MR) is 82.3 cm³/mol. The van der Waals surface area contributed by atoms with Crippen LogP contribution in [-0.2, 0) is 24.9 Å². The number of rotatable bonds is 6. The third-order valence-electron chi connectivity index (χ3n) is 4.41. The number of nitrogens with zero attached hydrogens (tertiary/aromatic N) is 6. The Balaban J connectivity index is 1.72. The molecule has 7 nitrogen and oxygen atoms in total. The van der Waals surface area contributed by atoms with Crippen LogP contribution < -0.4 is 0 Å². The monoisotopic (exact) mass is 304 g/mol. The van der Waals surface area contributed by atoms with Crippen LogP contribution in [0.2, 0.25) is 0 Å². The molecular formula is C15H24N6O. The molecule has 1 fully saturated rings. The molecule has 0 bridgehead atoms. The van der Waals surface area contributed by atoms with E-state index in [4.69, 9.17) is 4.74 Å². The van der Waals surface area contributed by atoms with Gasteiger partial charge in [-0.05, 0) is 12.5 Å². The van der Waals surface area contributed by atoms with Crippen molar-refractivity contribution in [2.24, 2.45) is 13.0 Å². The summed E-state index contributed by atoms with van der Waals surface area (Å²) >= 11 is 0. The number of aryl methyl sites for hydroxylation is 2. The summed E-state index contributed by atoms with van der Waals surface area (Å²) in [7, 11) is 3.74. The summed E-state index contributed by atoms with van der Waals surface area (Å²) in [6.45, 7) is 6.59. The van der Waals surface area contributed by atoms with Gasteiger partial charge in [-0.25, -0.2) is 9.67 Å². The summed E-state index contributed by atoms with van der Waals surface area (Å²) in [4.78, 5) is 6.83. The number of methoxy groups -OCH3 is 1. The zero-order valence-corrected chi connectivity index (χ0v) is 13.5. The largest absolute Gasteiger partial charge is 0.384 e. The van der Waals surface area contributed by atoms with Gasteiger partial charge in [0.05, 0.1) is 19.3 Å². The first-order chi connectivity index (χ1) is 10.7. The molecule has 0 N–H and O–H groups in total. The van der Waals surface area contributed by atoms with Crippen LogP contribution in [0.1, 0.15) is 24.2 Å². The Kier molecular flexibility index (Phi) is 4.54. The molecular weight excluding hydrogens is 280 g/mol. The van der Waals surface area contributed by atoms with E-state index >= 15 is 0 Å². The van der Waals surface area contributed by atoms with E-state index in [0.29, 0.717) is 11.8 Å². The van der Waals surface area contributed by atoms with Crippen LogP contribution in [0.3, 0.4) is 0 Å². The maximum atomic E-state index is 5.43. The van der Waals surface area contributed by atoms with Gasteiger partial charge in [0.15, 0.2) is 0 Å². The van der Waals surface area contributed by atoms with E-state index in [1.54, 1.807) is 13.4 Å². The molecule has 0 aliphatic carbocycles. The lowest BCUT2D eigenvalue weighted by Crippen LogP contribution is -2.23. The molecule has 7 heteroatoms. The van der Waals surface area contributed by atoms with E-state index in [1.807, 2.05) is 22.6 Å². The number of likely N-dealkylation sites (tertiary alicyclic amines) is 1. The average Bonchev–Trinajstić information content (AvgIpc) is 3.20. The highest BCUT2D eigenvalue weighted by atomic mass is 16.5. The molecule has 1 saturated heterocycles.